The van der Waals surface area contributed by atoms with E-state index in [0.29, 0.717) is 24.3 Å². The molecule has 3 rings (SSSR count). The second-order valence-corrected chi connectivity index (χ2v) is 11.6. The Morgan fingerprint density at radius 2 is 0.881 bits per heavy atom. The van der Waals surface area contributed by atoms with E-state index in [9.17, 15) is 9.59 Å². The van der Waals surface area contributed by atoms with Gasteiger partial charge >= 0.3 is 11.9 Å². The second kappa shape index (κ2) is 17.0. The molecule has 6 heteroatoms. The van der Waals surface area contributed by atoms with E-state index in [-0.39, 0.29) is 24.1 Å². The minimum absolute atomic E-state index is 0.233. The van der Waals surface area contributed by atoms with Crippen LogP contribution in [0.2, 0.25) is 0 Å². The molecular weight excluding hydrogens is 528 g/mol. The monoisotopic (exact) mass is 578 g/mol. The summed E-state index contributed by atoms with van der Waals surface area (Å²) in [6.45, 7) is 11.7. The lowest BCUT2D eigenvalue weighted by atomic mass is 9.99. The second-order valence-electron chi connectivity index (χ2n) is 11.6. The third kappa shape index (κ3) is 9.37. The Hall–Kier alpha value is -3.28. The fourth-order valence-electron chi connectivity index (χ4n) is 5.17. The first-order valence-electron chi connectivity index (χ1n) is 15.9. The molecule has 2 atom stereocenters. The number of hydrogen-bond donors (Lipinski definition) is 0. The van der Waals surface area contributed by atoms with Gasteiger partial charge in [0.2, 0.25) is 0 Å². The fraction of sp³-hybridized carbons (Fsp3) is 0.556. The molecule has 0 saturated carbocycles. The molecule has 0 heterocycles. The summed E-state index contributed by atoms with van der Waals surface area (Å²) < 4.78 is 24.5. The number of esters is 2. The van der Waals surface area contributed by atoms with Crippen LogP contribution in [-0.2, 0) is 19.1 Å². The average Bonchev–Trinajstić information content (AvgIpc) is 2.96. The van der Waals surface area contributed by atoms with Crippen LogP contribution in [0, 0.1) is 0 Å². The van der Waals surface area contributed by atoms with Crippen molar-refractivity contribution >= 4 is 33.5 Å². The first kappa shape index (κ1) is 33.2. The number of ether oxygens (including phenoxy) is 4. The molecular formula is C36H50O6. The van der Waals surface area contributed by atoms with Crippen molar-refractivity contribution in [3.63, 3.8) is 0 Å². The summed E-state index contributed by atoms with van der Waals surface area (Å²) >= 11 is 0. The molecule has 0 bridgehead atoms. The highest BCUT2D eigenvalue weighted by Gasteiger charge is 2.28. The van der Waals surface area contributed by atoms with Crippen molar-refractivity contribution in [2.24, 2.45) is 0 Å². The summed E-state index contributed by atoms with van der Waals surface area (Å²) in [5.74, 6) is 0.551. The van der Waals surface area contributed by atoms with Crippen LogP contribution in [-0.4, -0.2) is 36.4 Å². The van der Waals surface area contributed by atoms with Gasteiger partial charge in [-0.1, -0.05) is 101 Å². The van der Waals surface area contributed by atoms with Crippen molar-refractivity contribution in [1.29, 1.82) is 0 Å². The third-order valence-corrected chi connectivity index (χ3v) is 7.22. The van der Waals surface area contributed by atoms with E-state index in [2.05, 4.69) is 13.8 Å². The van der Waals surface area contributed by atoms with Crippen LogP contribution in [0.15, 0.2) is 48.5 Å². The molecule has 0 radical (unpaired) electrons. The van der Waals surface area contributed by atoms with E-state index in [1.54, 1.807) is 0 Å². The molecule has 0 aliphatic carbocycles. The lowest BCUT2D eigenvalue weighted by Crippen LogP contribution is -2.32. The van der Waals surface area contributed by atoms with Gasteiger partial charge in [-0.15, -0.1) is 0 Å². The maximum absolute atomic E-state index is 13.2. The number of hydrogen-bond acceptors (Lipinski definition) is 6. The normalized spacial score (nSPS) is 13.0. The zero-order valence-electron chi connectivity index (χ0n) is 26.4. The largest absolute Gasteiger partial charge is 0.477 e. The Labute approximate surface area is 252 Å². The first-order chi connectivity index (χ1) is 20.3. The molecule has 0 aliphatic rings. The highest BCUT2D eigenvalue weighted by Crippen LogP contribution is 2.44. The molecule has 2 unspecified atom stereocenters. The highest BCUT2D eigenvalue weighted by molar-refractivity contribution is 6.11. The number of fused-ring (bicyclic) bond motifs is 2. The van der Waals surface area contributed by atoms with Gasteiger partial charge in [0, 0.05) is 21.5 Å². The van der Waals surface area contributed by atoms with Crippen molar-refractivity contribution in [2.75, 3.05) is 0 Å². The predicted octanol–water partition coefficient (Wildman–Crippen LogP) is 9.33. The molecule has 3 aromatic rings. The van der Waals surface area contributed by atoms with Crippen molar-refractivity contribution in [1.82, 2.24) is 0 Å². The summed E-state index contributed by atoms with van der Waals surface area (Å²) in [5.41, 5.74) is 0. The summed E-state index contributed by atoms with van der Waals surface area (Å²) in [6.07, 6.45) is 7.51. The maximum atomic E-state index is 13.2. The molecule has 6 nitrogen and oxygen atoms in total. The van der Waals surface area contributed by atoms with E-state index < -0.39 is 12.2 Å². The van der Waals surface area contributed by atoms with Crippen LogP contribution in [0.25, 0.3) is 21.5 Å². The molecule has 0 spiro atoms. The zero-order chi connectivity index (χ0) is 30.5. The molecule has 42 heavy (non-hydrogen) atoms. The van der Waals surface area contributed by atoms with Gasteiger partial charge < -0.3 is 18.9 Å². The molecule has 0 amide bonds. The van der Waals surface area contributed by atoms with E-state index in [0.717, 1.165) is 72.9 Å². The van der Waals surface area contributed by atoms with Gasteiger partial charge in [-0.25, -0.2) is 9.59 Å². The number of benzene rings is 3. The van der Waals surface area contributed by atoms with E-state index in [4.69, 9.17) is 18.9 Å². The highest BCUT2D eigenvalue weighted by atomic mass is 16.6. The maximum Gasteiger partial charge on any atom is 0.347 e. The fourth-order valence-corrected chi connectivity index (χ4v) is 5.17. The van der Waals surface area contributed by atoms with Crippen molar-refractivity contribution in [2.45, 2.75) is 130 Å². The Bertz CT molecular complexity index is 1130. The SMILES string of the molecule is CCCCCCC(Oc1c2ccccc2c(OC(CCCCCC)C(=O)OC(C)C)c2ccccc12)C(=O)OC(C)C. The molecule has 0 fully saturated rings. The van der Waals surface area contributed by atoms with Crippen molar-refractivity contribution < 1.29 is 28.5 Å². The quantitative estimate of drug-likeness (QED) is 0.0851. The van der Waals surface area contributed by atoms with E-state index in [1.807, 2.05) is 76.2 Å². The Kier molecular flexibility index (Phi) is 13.4. The van der Waals surface area contributed by atoms with Crippen LogP contribution in [0.4, 0.5) is 0 Å². The van der Waals surface area contributed by atoms with E-state index in [1.165, 1.54) is 0 Å². The van der Waals surface area contributed by atoms with Crippen LogP contribution < -0.4 is 9.47 Å². The Morgan fingerprint density at radius 1 is 0.548 bits per heavy atom. The molecule has 0 aromatic heterocycles. The van der Waals surface area contributed by atoms with Gasteiger partial charge in [-0.2, -0.15) is 0 Å². The third-order valence-electron chi connectivity index (χ3n) is 7.22. The summed E-state index contributed by atoms with van der Waals surface area (Å²) in [5, 5.41) is 3.29. The van der Waals surface area contributed by atoms with Gasteiger partial charge in [-0.05, 0) is 53.4 Å². The summed E-state index contributed by atoms with van der Waals surface area (Å²) in [6, 6.07) is 15.7. The molecule has 230 valence electrons. The minimum Gasteiger partial charge on any atom is -0.477 e. The van der Waals surface area contributed by atoms with Crippen LogP contribution in [0.3, 0.4) is 0 Å². The minimum atomic E-state index is -0.727. The smallest absolute Gasteiger partial charge is 0.347 e. The molecule has 0 N–H and O–H groups in total. The van der Waals surface area contributed by atoms with Gasteiger partial charge in [-0.3, -0.25) is 0 Å². The lowest BCUT2D eigenvalue weighted by molar-refractivity contribution is -0.157. The molecule has 3 aromatic carbocycles. The van der Waals surface area contributed by atoms with Gasteiger partial charge in [0.05, 0.1) is 12.2 Å². The lowest BCUT2D eigenvalue weighted by Gasteiger charge is -2.25. The van der Waals surface area contributed by atoms with Crippen molar-refractivity contribution in [3.05, 3.63) is 48.5 Å². The van der Waals surface area contributed by atoms with Gasteiger partial charge in [0.1, 0.15) is 11.5 Å². The van der Waals surface area contributed by atoms with Gasteiger partial charge in [0.15, 0.2) is 12.2 Å². The number of rotatable bonds is 18. The predicted molar refractivity (Wildman–Crippen MR) is 170 cm³/mol. The standard InChI is InChI=1S/C36H50O6/c1-7-9-11-13-23-31(35(37)39-25(3)4)41-33-27-19-15-17-21-29(27)34(30-22-18-16-20-28(30)33)42-32(24-14-12-10-8-2)36(38)40-26(5)6/h15-22,25-26,31-32H,7-14,23-24H2,1-6H3. The Morgan fingerprint density at radius 3 is 1.17 bits per heavy atom. The molecule has 0 aliphatic heterocycles. The molecule has 0 saturated heterocycles. The van der Waals surface area contributed by atoms with E-state index >= 15 is 0 Å². The summed E-state index contributed by atoms with van der Waals surface area (Å²) in [7, 11) is 0. The van der Waals surface area contributed by atoms with Crippen molar-refractivity contribution in [3.8, 4) is 11.5 Å². The Balaban J connectivity index is 2.08. The van der Waals surface area contributed by atoms with Crippen LogP contribution in [0.1, 0.15) is 106 Å². The van der Waals surface area contributed by atoms with Crippen LogP contribution >= 0.6 is 0 Å². The number of carbonyl (C=O) groups excluding carboxylic acids is 2. The average molecular weight is 579 g/mol. The first-order valence-corrected chi connectivity index (χ1v) is 15.9. The topological polar surface area (TPSA) is 71.1 Å². The number of unbranched alkanes of at least 4 members (excludes halogenated alkanes) is 6. The zero-order valence-corrected chi connectivity index (χ0v) is 26.4. The van der Waals surface area contributed by atoms with Crippen LogP contribution in [0.5, 0.6) is 11.5 Å². The number of carbonyl (C=O) groups is 2. The summed E-state index contributed by atoms with van der Waals surface area (Å²) in [4.78, 5) is 26.4. The van der Waals surface area contributed by atoms with Gasteiger partial charge in [0.25, 0.3) is 0 Å².